The number of rotatable bonds is 8. The number of carbonyl (C=O) groups excluding carboxylic acids is 1. The number of nitrogens with zero attached hydrogens (tertiary/aromatic N) is 5. The number of sulfonamides is 1. The van der Waals surface area contributed by atoms with Gasteiger partial charge in [0, 0.05) is 67.5 Å². The summed E-state index contributed by atoms with van der Waals surface area (Å²) in [7, 11) is -1.54. The fourth-order valence-electron chi connectivity index (χ4n) is 9.01. The molecule has 3 aliphatic heterocycles. The molecule has 2 saturated heterocycles. The summed E-state index contributed by atoms with van der Waals surface area (Å²) in [6.45, 7) is 1.65. The van der Waals surface area contributed by atoms with Crippen molar-refractivity contribution in [1.29, 1.82) is 0 Å². The van der Waals surface area contributed by atoms with E-state index in [-0.39, 0.29) is 35.0 Å². The fourth-order valence-corrected chi connectivity index (χ4v) is 11.6. The first-order chi connectivity index (χ1) is 25.4. The van der Waals surface area contributed by atoms with Gasteiger partial charge < -0.3 is 14.2 Å². The van der Waals surface area contributed by atoms with E-state index in [1.165, 1.54) is 26.1 Å². The fraction of sp³-hybridized carbons (Fsp3) is 0.436. The van der Waals surface area contributed by atoms with Gasteiger partial charge in [-0.25, -0.2) is 13.1 Å². The number of pyridine rings is 1. The largest absolute Gasteiger partial charge is 0.497 e. The van der Waals surface area contributed by atoms with Crippen molar-refractivity contribution < 1.29 is 26.4 Å². The van der Waals surface area contributed by atoms with Crippen LogP contribution in [0, 0.1) is 0 Å². The number of ether oxygens (including phenoxy) is 1. The molecular formula is C39H46N6O6S2. The smallest absolute Gasteiger partial charge is 0.303 e. The van der Waals surface area contributed by atoms with Gasteiger partial charge in [0.25, 0.3) is 5.91 Å². The highest BCUT2D eigenvalue weighted by Gasteiger charge is 2.47. The quantitative estimate of drug-likeness (QED) is 0.256. The molecule has 5 heterocycles. The van der Waals surface area contributed by atoms with Gasteiger partial charge in [-0.3, -0.25) is 9.78 Å². The summed E-state index contributed by atoms with van der Waals surface area (Å²) in [6, 6.07) is 14.5. The highest BCUT2D eigenvalue weighted by Crippen LogP contribution is 2.48. The molecule has 1 amide bonds. The van der Waals surface area contributed by atoms with Crippen LogP contribution in [0.25, 0.3) is 33.8 Å². The van der Waals surface area contributed by atoms with E-state index < -0.39 is 26.1 Å². The van der Waals surface area contributed by atoms with Gasteiger partial charge in [0.2, 0.25) is 10.0 Å². The van der Waals surface area contributed by atoms with Gasteiger partial charge in [0.15, 0.2) is 0 Å². The van der Waals surface area contributed by atoms with Gasteiger partial charge in [-0.1, -0.05) is 25.3 Å². The maximum Gasteiger partial charge on any atom is 0.303 e. The van der Waals surface area contributed by atoms with E-state index in [0.717, 1.165) is 70.6 Å². The summed E-state index contributed by atoms with van der Waals surface area (Å²) in [4.78, 5) is 20.6. The van der Waals surface area contributed by atoms with Crippen molar-refractivity contribution in [1.82, 2.24) is 27.8 Å². The Labute approximate surface area is 311 Å². The number of carbonyl (C=O) groups is 1. The van der Waals surface area contributed by atoms with Crippen molar-refractivity contribution in [2.75, 3.05) is 41.3 Å². The van der Waals surface area contributed by atoms with Crippen LogP contribution >= 0.6 is 0 Å². The molecule has 2 atom stereocenters. The van der Waals surface area contributed by atoms with Crippen molar-refractivity contribution in [2.45, 2.75) is 74.4 Å². The summed E-state index contributed by atoms with van der Waals surface area (Å²) in [5.41, 5.74) is 6.11. The lowest BCUT2D eigenvalue weighted by Crippen LogP contribution is -2.54. The Morgan fingerprint density at radius 1 is 0.943 bits per heavy atom. The zero-order chi connectivity index (χ0) is 37.2. The van der Waals surface area contributed by atoms with Crippen LogP contribution in [0.1, 0.15) is 78.0 Å². The van der Waals surface area contributed by atoms with Crippen LogP contribution < -0.4 is 9.46 Å². The minimum Gasteiger partial charge on any atom is -0.497 e. The molecule has 0 spiro atoms. The van der Waals surface area contributed by atoms with E-state index in [9.17, 15) is 21.6 Å². The zero-order valence-electron chi connectivity index (χ0n) is 30.6. The number of hydrogen-bond acceptors (Lipinski definition) is 8. The monoisotopic (exact) mass is 758 g/mol. The molecule has 0 radical (unpaired) electrons. The maximum atomic E-state index is 14.7. The first-order valence-corrected chi connectivity index (χ1v) is 21.2. The number of fused-ring (bicyclic) bond motifs is 7. The summed E-state index contributed by atoms with van der Waals surface area (Å²) in [6.07, 6.45) is 10.8. The molecule has 1 aliphatic carbocycles. The lowest BCUT2D eigenvalue weighted by Gasteiger charge is -2.38. The van der Waals surface area contributed by atoms with Crippen LogP contribution in [0.2, 0.25) is 0 Å². The summed E-state index contributed by atoms with van der Waals surface area (Å²) in [5, 5.41) is 0.991. The van der Waals surface area contributed by atoms with Gasteiger partial charge >= 0.3 is 10.2 Å². The third-order valence-corrected chi connectivity index (χ3v) is 14.9. The molecule has 2 bridgehead atoms. The average molecular weight is 759 g/mol. The zero-order valence-corrected chi connectivity index (χ0v) is 32.2. The second-order valence-corrected chi connectivity index (χ2v) is 18.7. The lowest BCUT2D eigenvalue weighted by molar-refractivity contribution is 0.0979. The molecular weight excluding hydrogens is 713 g/mol. The number of nitrogens with one attached hydrogen (secondary N) is 1. The maximum absolute atomic E-state index is 14.7. The molecule has 3 fully saturated rings. The Kier molecular flexibility index (Phi) is 9.25. The van der Waals surface area contributed by atoms with Crippen molar-refractivity contribution >= 4 is 48.7 Å². The highest BCUT2D eigenvalue weighted by atomic mass is 32.2. The van der Waals surface area contributed by atoms with Crippen molar-refractivity contribution in [2.24, 2.45) is 0 Å². The Bertz CT molecular complexity index is 2350. The van der Waals surface area contributed by atoms with Crippen LogP contribution in [0.15, 0.2) is 59.6 Å². The average Bonchev–Trinajstić information content (AvgIpc) is 3.55. The predicted octanol–water partition coefficient (Wildman–Crippen LogP) is 5.32. The number of amides is 1. The van der Waals surface area contributed by atoms with Crippen LogP contribution in [0.3, 0.4) is 0 Å². The van der Waals surface area contributed by atoms with Crippen molar-refractivity contribution in [3.05, 3.63) is 77.1 Å². The van der Waals surface area contributed by atoms with Crippen LogP contribution in [0.5, 0.6) is 5.75 Å². The second kappa shape index (κ2) is 13.6. The van der Waals surface area contributed by atoms with Crippen molar-refractivity contribution in [3.63, 3.8) is 0 Å². The third kappa shape index (κ3) is 6.27. The SMILES string of the molecule is COc1ccc2c(c1)C=C(c1ncccc1S(=O)(=O)N1C3CCC1CN(C)C3)Cn1c-2c(C2CCCCC2)c2ccc(C(=O)NS(=O)(=O)N(C)C)cc21. The van der Waals surface area contributed by atoms with E-state index in [1.807, 2.05) is 31.3 Å². The molecule has 14 heteroatoms. The number of piperazine rings is 1. The standard InChI is InChI=1S/C39H46N6O6S2/c1-42(2)53(49,50)41-39(46)26-12-16-33-34(21-26)44-22-28(19-27-20-31(51-4)15-17-32(27)38(44)36(33)25-9-6-5-7-10-25)37-35(11-8-18-40-37)52(47,48)45-29-13-14-30(45)24-43(3)23-29/h8,11-12,15-21,25,29-30H,5-7,9-10,13-14,22-24H2,1-4H3,(H,41,46). The van der Waals surface area contributed by atoms with E-state index >= 15 is 0 Å². The van der Waals surface area contributed by atoms with Crippen LogP contribution in [-0.2, 0) is 26.8 Å². The molecule has 2 aromatic carbocycles. The molecule has 280 valence electrons. The molecule has 4 aromatic rings. The van der Waals surface area contributed by atoms with Gasteiger partial charge in [-0.15, -0.1) is 0 Å². The van der Waals surface area contributed by atoms with E-state index in [1.54, 1.807) is 41.9 Å². The molecule has 2 aromatic heterocycles. The van der Waals surface area contributed by atoms with Crippen LogP contribution in [-0.4, -0.2) is 99.2 Å². The van der Waals surface area contributed by atoms with Gasteiger partial charge in [0.1, 0.15) is 10.6 Å². The number of likely N-dealkylation sites (tertiary alicyclic amines) is 1. The summed E-state index contributed by atoms with van der Waals surface area (Å²) >= 11 is 0. The van der Waals surface area contributed by atoms with Gasteiger partial charge in [0.05, 0.1) is 25.0 Å². The Morgan fingerprint density at radius 2 is 1.68 bits per heavy atom. The van der Waals surface area contributed by atoms with E-state index in [2.05, 4.69) is 20.3 Å². The molecule has 53 heavy (non-hydrogen) atoms. The molecule has 2 unspecified atom stereocenters. The Hall–Kier alpha value is -4.08. The van der Waals surface area contributed by atoms with Crippen LogP contribution in [0.4, 0.5) is 0 Å². The first kappa shape index (κ1) is 35.9. The first-order valence-electron chi connectivity index (χ1n) is 18.3. The predicted molar refractivity (Wildman–Crippen MR) is 205 cm³/mol. The van der Waals surface area contributed by atoms with E-state index in [4.69, 9.17) is 9.72 Å². The van der Waals surface area contributed by atoms with Gasteiger partial charge in [-0.2, -0.15) is 17.0 Å². The lowest BCUT2D eigenvalue weighted by atomic mass is 9.81. The Balaban J connectivity index is 1.34. The number of benzene rings is 2. The number of aromatic nitrogens is 2. The molecule has 1 saturated carbocycles. The number of methoxy groups -OCH3 is 1. The molecule has 8 rings (SSSR count). The number of likely N-dealkylation sites (N-methyl/N-ethyl adjacent to an activating group) is 1. The Morgan fingerprint density at radius 3 is 2.38 bits per heavy atom. The highest BCUT2D eigenvalue weighted by molar-refractivity contribution is 7.89. The molecule has 12 nitrogen and oxygen atoms in total. The number of hydrogen-bond donors (Lipinski definition) is 1. The van der Waals surface area contributed by atoms with Crippen molar-refractivity contribution in [3.8, 4) is 17.0 Å². The third-order valence-electron chi connectivity index (χ3n) is 11.5. The normalized spacial score (nSPS) is 21.3. The topological polar surface area (TPSA) is 134 Å². The number of allylic oxidation sites excluding steroid dienone is 1. The molecule has 1 N–H and O–H groups in total. The molecule has 4 aliphatic rings. The summed E-state index contributed by atoms with van der Waals surface area (Å²) in [5.74, 6) is 0.211. The second-order valence-electron chi connectivity index (χ2n) is 15.0. The minimum atomic E-state index is -4.03. The minimum absolute atomic E-state index is 0.0937. The van der Waals surface area contributed by atoms with E-state index in [0.29, 0.717) is 30.1 Å². The van der Waals surface area contributed by atoms with Gasteiger partial charge in [-0.05, 0) is 104 Å². The summed E-state index contributed by atoms with van der Waals surface area (Å²) < 4.78 is 67.5.